The molecule has 0 radical (unpaired) electrons. The molecule has 0 saturated carbocycles. The van der Waals surface area contributed by atoms with Crippen LogP contribution in [-0.2, 0) is 11.3 Å². The largest absolute Gasteiger partial charge is 0.354 e. The van der Waals surface area contributed by atoms with Gasteiger partial charge in [-0.15, -0.1) is 0 Å². The Balaban J connectivity index is 2.02. The second kappa shape index (κ2) is 8.97. The molecule has 5 nitrogen and oxygen atoms in total. The fourth-order valence-corrected chi connectivity index (χ4v) is 3.02. The van der Waals surface area contributed by atoms with Gasteiger partial charge in [0, 0.05) is 11.0 Å². The standard InChI is InChI=1S/C18H24BrN3O2/c1-3-5-6-13(4-2)10-20-17(23)11-22-12-21-16-8-7-14(19)9-15(16)18(22)24/h7-9,12-13H,3-6,10-11H2,1-2H3,(H,20,23)/t13-/m1/s1. The molecule has 2 aromatic rings. The lowest BCUT2D eigenvalue weighted by molar-refractivity contribution is -0.121. The maximum atomic E-state index is 12.5. The molecule has 1 amide bonds. The van der Waals surface area contributed by atoms with Gasteiger partial charge in [-0.25, -0.2) is 4.98 Å². The highest BCUT2D eigenvalue weighted by Crippen LogP contribution is 2.15. The van der Waals surface area contributed by atoms with Gasteiger partial charge >= 0.3 is 0 Å². The van der Waals surface area contributed by atoms with Gasteiger partial charge in [0.25, 0.3) is 5.56 Å². The molecule has 24 heavy (non-hydrogen) atoms. The molecule has 130 valence electrons. The van der Waals surface area contributed by atoms with Crippen LogP contribution in [0.15, 0.2) is 33.8 Å². The molecular weight excluding hydrogens is 370 g/mol. The summed E-state index contributed by atoms with van der Waals surface area (Å²) in [7, 11) is 0. The van der Waals surface area contributed by atoms with Crippen LogP contribution in [0.4, 0.5) is 0 Å². The van der Waals surface area contributed by atoms with Crippen molar-refractivity contribution in [1.82, 2.24) is 14.9 Å². The first kappa shape index (κ1) is 18.6. The van der Waals surface area contributed by atoms with Gasteiger partial charge in [-0.2, -0.15) is 0 Å². The van der Waals surface area contributed by atoms with E-state index in [1.165, 1.54) is 17.3 Å². The van der Waals surface area contributed by atoms with E-state index < -0.39 is 0 Å². The Hall–Kier alpha value is -1.69. The lowest BCUT2D eigenvalue weighted by Gasteiger charge is -2.15. The Morgan fingerprint density at radius 2 is 2.17 bits per heavy atom. The van der Waals surface area contributed by atoms with Crippen molar-refractivity contribution < 1.29 is 4.79 Å². The average Bonchev–Trinajstić information content (AvgIpc) is 2.58. The molecule has 6 heteroatoms. The number of unbranched alkanes of at least 4 members (excludes halogenated alkanes) is 1. The number of rotatable bonds is 8. The van der Waals surface area contributed by atoms with E-state index in [2.05, 4.69) is 40.1 Å². The summed E-state index contributed by atoms with van der Waals surface area (Å²) in [6.07, 6.45) is 5.95. The Morgan fingerprint density at radius 3 is 2.88 bits per heavy atom. The zero-order valence-corrected chi connectivity index (χ0v) is 15.8. The minimum Gasteiger partial charge on any atom is -0.354 e. The van der Waals surface area contributed by atoms with Gasteiger partial charge in [0.1, 0.15) is 6.54 Å². The van der Waals surface area contributed by atoms with Crippen molar-refractivity contribution >= 4 is 32.7 Å². The van der Waals surface area contributed by atoms with Crippen LogP contribution in [0.2, 0.25) is 0 Å². The highest BCUT2D eigenvalue weighted by Gasteiger charge is 2.11. The molecule has 0 spiro atoms. The molecular formula is C18H24BrN3O2. The van der Waals surface area contributed by atoms with E-state index in [1.807, 2.05) is 6.07 Å². The zero-order chi connectivity index (χ0) is 17.5. The Kier molecular flexibility index (Phi) is 6.97. The van der Waals surface area contributed by atoms with Crippen LogP contribution >= 0.6 is 15.9 Å². The summed E-state index contributed by atoms with van der Waals surface area (Å²) in [5, 5.41) is 3.45. The molecule has 0 saturated heterocycles. The SMILES string of the molecule is CCCC[C@@H](CC)CNC(=O)Cn1cnc2ccc(Br)cc2c1=O. The summed E-state index contributed by atoms with van der Waals surface area (Å²) in [6, 6.07) is 5.36. The lowest BCUT2D eigenvalue weighted by atomic mass is 9.99. The Bertz CT molecular complexity index is 758. The molecule has 0 aliphatic carbocycles. The number of carbonyl (C=O) groups is 1. The molecule has 1 N–H and O–H groups in total. The van der Waals surface area contributed by atoms with Crippen LogP contribution in [0.25, 0.3) is 10.9 Å². The van der Waals surface area contributed by atoms with Crippen LogP contribution in [0.5, 0.6) is 0 Å². The topological polar surface area (TPSA) is 64.0 Å². The molecule has 1 atom stereocenters. The maximum Gasteiger partial charge on any atom is 0.261 e. The van der Waals surface area contributed by atoms with Crippen LogP contribution in [0.1, 0.15) is 39.5 Å². The Morgan fingerprint density at radius 1 is 1.38 bits per heavy atom. The molecule has 0 unspecified atom stereocenters. The van der Waals surface area contributed by atoms with Crippen LogP contribution in [0, 0.1) is 5.92 Å². The first-order valence-electron chi connectivity index (χ1n) is 8.46. The number of hydrogen-bond donors (Lipinski definition) is 1. The maximum absolute atomic E-state index is 12.5. The highest BCUT2D eigenvalue weighted by molar-refractivity contribution is 9.10. The highest BCUT2D eigenvalue weighted by atomic mass is 79.9. The average molecular weight is 394 g/mol. The Labute approximate surface area is 150 Å². The van der Waals surface area contributed by atoms with Crippen molar-refractivity contribution in [3.8, 4) is 0 Å². The number of halogens is 1. The smallest absolute Gasteiger partial charge is 0.261 e. The van der Waals surface area contributed by atoms with Crippen molar-refractivity contribution in [2.24, 2.45) is 5.92 Å². The van der Waals surface area contributed by atoms with E-state index >= 15 is 0 Å². The van der Waals surface area contributed by atoms with Crippen LogP contribution in [0.3, 0.4) is 0 Å². The monoisotopic (exact) mass is 393 g/mol. The third kappa shape index (κ3) is 4.90. The summed E-state index contributed by atoms with van der Waals surface area (Å²) in [4.78, 5) is 28.9. The van der Waals surface area contributed by atoms with Gasteiger partial charge in [-0.05, 0) is 30.5 Å². The van der Waals surface area contributed by atoms with Gasteiger partial charge in [0.15, 0.2) is 0 Å². The summed E-state index contributed by atoms with van der Waals surface area (Å²) in [5.41, 5.74) is 0.431. The normalized spacial score (nSPS) is 12.3. The van der Waals surface area contributed by atoms with E-state index in [-0.39, 0.29) is 18.0 Å². The molecule has 0 aliphatic heterocycles. The quantitative estimate of drug-likeness (QED) is 0.746. The van der Waals surface area contributed by atoms with Gasteiger partial charge in [0.2, 0.25) is 5.91 Å². The number of aromatic nitrogens is 2. The minimum absolute atomic E-state index is 0.00149. The second-order valence-electron chi connectivity index (χ2n) is 6.06. The van der Waals surface area contributed by atoms with E-state index in [4.69, 9.17) is 0 Å². The van der Waals surface area contributed by atoms with Crippen molar-refractivity contribution in [1.29, 1.82) is 0 Å². The number of fused-ring (bicyclic) bond motifs is 1. The predicted molar refractivity (Wildman–Crippen MR) is 100 cm³/mol. The molecule has 2 rings (SSSR count). The third-order valence-electron chi connectivity index (χ3n) is 4.23. The number of nitrogens with zero attached hydrogens (tertiary/aromatic N) is 2. The summed E-state index contributed by atoms with van der Waals surface area (Å²) in [5.74, 6) is 0.347. The number of benzene rings is 1. The van der Waals surface area contributed by atoms with Crippen molar-refractivity contribution in [2.75, 3.05) is 6.54 Å². The summed E-state index contributed by atoms with van der Waals surface area (Å²) < 4.78 is 2.18. The van der Waals surface area contributed by atoms with E-state index in [0.29, 0.717) is 23.4 Å². The van der Waals surface area contributed by atoms with Crippen molar-refractivity contribution in [2.45, 2.75) is 46.1 Å². The zero-order valence-electron chi connectivity index (χ0n) is 14.2. The van der Waals surface area contributed by atoms with Crippen LogP contribution in [-0.4, -0.2) is 22.0 Å². The second-order valence-corrected chi connectivity index (χ2v) is 6.98. The number of nitrogens with one attached hydrogen (secondary N) is 1. The molecule has 1 aromatic heterocycles. The minimum atomic E-state index is -0.200. The molecule has 1 aromatic carbocycles. The first-order valence-corrected chi connectivity index (χ1v) is 9.25. The summed E-state index contributed by atoms with van der Waals surface area (Å²) in [6.45, 7) is 4.97. The van der Waals surface area contributed by atoms with Crippen molar-refractivity contribution in [3.05, 3.63) is 39.4 Å². The fourth-order valence-electron chi connectivity index (χ4n) is 2.66. The molecule has 0 aliphatic rings. The lowest BCUT2D eigenvalue weighted by Crippen LogP contribution is -2.35. The van der Waals surface area contributed by atoms with Crippen LogP contribution < -0.4 is 10.9 Å². The van der Waals surface area contributed by atoms with Gasteiger partial charge in [-0.1, -0.05) is 49.0 Å². The van der Waals surface area contributed by atoms with Gasteiger partial charge in [-0.3, -0.25) is 14.2 Å². The third-order valence-corrected chi connectivity index (χ3v) is 4.72. The molecule has 0 fully saturated rings. The summed E-state index contributed by atoms with van der Waals surface area (Å²) >= 11 is 3.36. The number of carbonyl (C=O) groups excluding carboxylic acids is 1. The van der Waals surface area contributed by atoms with E-state index in [1.54, 1.807) is 12.1 Å². The van der Waals surface area contributed by atoms with Crippen molar-refractivity contribution in [3.63, 3.8) is 0 Å². The fraction of sp³-hybridized carbons (Fsp3) is 0.500. The molecule has 1 heterocycles. The number of hydrogen-bond acceptors (Lipinski definition) is 3. The first-order chi connectivity index (χ1) is 11.5. The van der Waals surface area contributed by atoms with Gasteiger partial charge < -0.3 is 5.32 Å². The van der Waals surface area contributed by atoms with Gasteiger partial charge in [0.05, 0.1) is 17.2 Å². The predicted octanol–water partition coefficient (Wildman–Crippen LogP) is 3.49. The van der Waals surface area contributed by atoms with E-state index in [0.717, 1.165) is 23.7 Å². The number of amides is 1. The molecule has 0 bridgehead atoms. The van der Waals surface area contributed by atoms with E-state index in [9.17, 15) is 9.59 Å².